The number of hydrogen-bond acceptors (Lipinski definition) is 4. The van der Waals surface area contributed by atoms with E-state index in [-0.39, 0.29) is 5.97 Å². The van der Waals surface area contributed by atoms with Gasteiger partial charge in [0.05, 0.1) is 13.2 Å². The molecule has 1 saturated heterocycles. The van der Waals surface area contributed by atoms with E-state index in [2.05, 4.69) is 4.90 Å². The first kappa shape index (κ1) is 11.6. The second-order valence-corrected chi connectivity index (χ2v) is 4.97. The third-order valence-electron chi connectivity index (χ3n) is 3.72. The molecule has 1 spiro atoms. The lowest BCUT2D eigenvalue weighted by Gasteiger charge is -2.46. The van der Waals surface area contributed by atoms with Crippen molar-refractivity contribution in [1.82, 2.24) is 4.90 Å². The fourth-order valence-electron chi connectivity index (χ4n) is 2.71. The van der Waals surface area contributed by atoms with Crippen LogP contribution in [0.3, 0.4) is 0 Å². The molecule has 0 bridgehead atoms. The minimum Gasteiger partial charge on any atom is -0.465 e. The maximum Gasteiger partial charge on any atom is 0.320 e. The van der Waals surface area contributed by atoms with E-state index in [1.807, 2.05) is 6.92 Å². The number of likely N-dealkylation sites (tertiary alicyclic amines) is 1. The Balaban J connectivity index is 1.73. The van der Waals surface area contributed by atoms with E-state index >= 15 is 0 Å². The van der Waals surface area contributed by atoms with Gasteiger partial charge in [0.15, 0.2) is 0 Å². The summed E-state index contributed by atoms with van der Waals surface area (Å²) in [5.41, 5.74) is 0.294. The van der Waals surface area contributed by atoms with Crippen LogP contribution in [0.2, 0.25) is 0 Å². The quantitative estimate of drug-likeness (QED) is 0.672. The number of carbonyl (C=O) groups is 2. The normalized spacial score (nSPS) is 24.2. The Morgan fingerprint density at radius 2 is 2.00 bits per heavy atom. The number of esters is 1. The molecule has 1 aliphatic carbocycles. The van der Waals surface area contributed by atoms with Crippen LogP contribution in [-0.2, 0) is 14.3 Å². The molecule has 16 heavy (non-hydrogen) atoms. The van der Waals surface area contributed by atoms with Crippen molar-refractivity contribution in [3.05, 3.63) is 0 Å². The molecule has 0 atom stereocenters. The van der Waals surface area contributed by atoms with E-state index in [1.54, 1.807) is 0 Å². The van der Waals surface area contributed by atoms with Crippen LogP contribution >= 0.6 is 0 Å². The Bertz CT molecular complexity index is 283. The summed E-state index contributed by atoms with van der Waals surface area (Å²) in [6.45, 7) is 4.52. The number of Topliss-reactive ketones (excluding diaryl/α,β-unsaturated/α-hetero) is 1. The van der Waals surface area contributed by atoms with Crippen LogP contribution in [0.4, 0.5) is 0 Å². The second-order valence-electron chi connectivity index (χ2n) is 4.97. The average molecular weight is 225 g/mol. The van der Waals surface area contributed by atoms with Gasteiger partial charge in [0.25, 0.3) is 0 Å². The topological polar surface area (TPSA) is 46.6 Å². The fraction of sp³-hybridized carbons (Fsp3) is 0.833. The molecule has 0 aromatic rings. The first-order valence-corrected chi connectivity index (χ1v) is 6.03. The van der Waals surface area contributed by atoms with Gasteiger partial charge in [-0.15, -0.1) is 0 Å². The van der Waals surface area contributed by atoms with Gasteiger partial charge in [-0.2, -0.15) is 0 Å². The molecule has 2 rings (SSSR count). The highest BCUT2D eigenvalue weighted by Crippen LogP contribution is 2.46. The molecular weight excluding hydrogens is 206 g/mol. The molecule has 0 aromatic heterocycles. The molecule has 1 aliphatic heterocycles. The SMILES string of the molecule is CCOC(=O)CN1CCC2(CC1)CC(=O)C2. The Morgan fingerprint density at radius 1 is 1.38 bits per heavy atom. The predicted octanol–water partition coefficient (Wildman–Crippen LogP) is 0.995. The van der Waals surface area contributed by atoms with Crippen molar-refractivity contribution in [2.75, 3.05) is 26.2 Å². The Morgan fingerprint density at radius 3 is 2.50 bits per heavy atom. The third kappa shape index (κ3) is 2.43. The lowest BCUT2D eigenvalue weighted by atomic mass is 9.62. The number of carbonyl (C=O) groups excluding carboxylic acids is 2. The monoisotopic (exact) mass is 225 g/mol. The van der Waals surface area contributed by atoms with Gasteiger partial charge >= 0.3 is 5.97 Å². The summed E-state index contributed by atoms with van der Waals surface area (Å²) in [5.74, 6) is 0.266. The molecule has 4 heteroatoms. The first-order valence-electron chi connectivity index (χ1n) is 6.03. The standard InChI is InChI=1S/C12H19NO3/c1-2-16-11(15)9-13-5-3-12(4-6-13)7-10(14)8-12/h2-9H2,1H3. The molecule has 4 nitrogen and oxygen atoms in total. The van der Waals surface area contributed by atoms with Crippen LogP contribution in [0, 0.1) is 5.41 Å². The Labute approximate surface area is 95.9 Å². The van der Waals surface area contributed by atoms with Crippen LogP contribution < -0.4 is 0 Å². The van der Waals surface area contributed by atoms with Crippen molar-refractivity contribution in [2.24, 2.45) is 5.41 Å². The van der Waals surface area contributed by atoms with E-state index in [1.165, 1.54) is 0 Å². The van der Waals surface area contributed by atoms with Gasteiger partial charge in [-0.1, -0.05) is 0 Å². The van der Waals surface area contributed by atoms with Crippen LogP contribution in [0.5, 0.6) is 0 Å². The number of ketones is 1. The van der Waals surface area contributed by atoms with Crippen molar-refractivity contribution in [3.63, 3.8) is 0 Å². The van der Waals surface area contributed by atoms with Crippen LogP contribution in [-0.4, -0.2) is 42.9 Å². The number of rotatable bonds is 3. The molecule has 0 amide bonds. The maximum absolute atomic E-state index is 11.3. The average Bonchev–Trinajstić information content (AvgIpc) is 2.20. The van der Waals surface area contributed by atoms with Gasteiger partial charge in [0.1, 0.15) is 5.78 Å². The third-order valence-corrected chi connectivity index (χ3v) is 3.72. The van der Waals surface area contributed by atoms with Crippen molar-refractivity contribution >= 4 is 11.8 Å². The van der Waals surface area contributed by atoms with Gasteiger partial charge in [-0.25, -0.2) is 0 Å². The Kier molecular flexibility index (Phi) is 3.28. The highest BCUT2D eigenvalue weighted by atomic mass is 16.5. The van der Waals surface area contributed by atoms with Crippen LogP contribution in [0.25, 0.3) is 0 Å². The van der Waals surface area contributed by atoms with Crippen molar-refractivity contribution in [1.29, 1.82) is 0 Å². The van der Waals surface area contributed by atoms with Crippen LogP contribution in [0.1, 0.15) is 32.6 Å². The molecule has 1 heterocycles. The summed E-state index contributed by atoms with van der Waals surface area (Å²) in [6.07, 6.45) is 3.64. The second kappa shape index (κ2) is 4.53. The van der Waals surface area contributed by atoms with Gasteiger partial charge in [0.2, 0.25) is 0 Å². The number of ether oxygens (including phenoxy) is 1. The summed E-state index contributed by atoms with van der Waals surface area (Å²) in [5, 5.41) is 0. The zero-order valence-electron chi connectivity index (χ0n) is 9.83. The summed E-state index contributed by atoms with van der Waals surface area (Å²) >= 11 is 0. The van der Waals surface area contributed by atoms with E-state index in [0.29, 0.717) is 24.3 Å². The van der Waals surface area contributed by atoms with Crippen molar-refractivity contribution in [3.8, 4) is 0 Å². The lowest BCUT2D eigenvalue weighted by molar-refractivity contribution is -0.146. The molecular formula is C12H19NO3. The van der Waals surface area contributed by atoms with E-state index in [0.717, 1.165) is 38.8 Å². The molecule has 2 aliphatic rings. The fourth-order valence-corrected chi connectivity index (χ4v) is 2.71. The van der Waals surface area contributed by atoms with Crippen molar-refractivity contribution in [2.45, 2.75) is 32.6 Å². The smallest absolute Gasteiger partial charge is 0.320 e. The first-order chi connectivity index (χ1) is 7.63. The van der Waals surface area contributed by atoms with Crippen molar-refractivity contribution < 1.29 is 14.3 Å². The minimum absolute atomic E-state index is 0.136. The van der Waals surface area contributed by atoms with E-state index < -0.39 is 0 Å². The van der Waals surface area contributed by atoms with Gasteiger partial charge in [0, 0.05) is 12.8 Å². The Hall–Kier alpha value is -0.900. The summed E-state index contributed by atoms with van der Waals surface area (Å²) in [4.78, 5) is 24.5. The lowest BCUT2D eigenvalue weighted by Crippen LogP contribution is -2.48. The van der Waals surface area contributed by atoms with Gasteiger partial charge in [-0.05, 0) is 38.3 Å². The molecule has 2 fully saturated rings. The maximum atomic E-state index is 11.3. The van der Waals surface area contributed by atoms with E-state index in [4.69, 9.17) is 4.74 Å². The summed E-state index contributed by atoms with van der Waals surface area (Å²) in [7, 11) is 0. The molecule has 0 radical (unpaired) electrons. The zero-order valence-corrected chi connectivity index (χ0v) is 9.83. The number of hydrogen-bond donors (Lipinski definition) is 0. The molecule has 90 valence electrons. The molecule has 0 unspecified atom stereocenters. The minimum atomic E-state index is -0.136. The van der Waals surface area contributed by atoms with Gasteiger partial charge in [-0.3, -0.25) is 14.5 Å². The highest BCUT2D eigenvalue weighted by Gasteiger charge is 2.45. The summed E-state index contributed by atoms with van der Waals surface area (Å²) in [6, 6.07) is 0. The molecule has 1 saturated carbocycles. The largest absolute Gasteiger partial charge is 0.465 e. The summed E-state index contributed by atoms with van der Waals surface area (Å²) < 4.78 is 4.92. The zero-order chi connectivity index (χ0) is 11.6. The number of nitrogens with zero attached hydrogens (tertiary/aromatic N) is 1. The van der Waals surface area contributed by atoms with Crippen LogP contribution in [0.15, 0.2) is 0 Å². The predicted molar refractivity (Wildman–Crippen MR) is 59.0 cm³/mol. The van der Waals surface area contributed by atoms with E-state index in [9.17, 15) is 9.59 Å². The van der Waals surface area contributed by atoms with Gasteiger partial charge < -0.3 is 4.74 Å². The highest BCUT2D eigenvalue weighted by molar-refractivity contribution is 5.86. The molecule has 0 N–H and O–H groups in total. The number of piperidine rings is 1. The molecule has 0 aromatic carbocycles.